The number of piperidine rings is 1. The zero-order chi connectivity index (χ0) is 17.9. The van der Waals surface area contributed by atoms with Gasteiger partial charge in [0.1, 0.15) is 27.4 Å². The molecule has 25 heavy (non-hydrogen) atoms. The molecule has 1 aliphatic heterocycles. The molecule has 0 unspecified atom stereocenters. The summed E-state index contributed by atoms with van der Waals surface area (Å²) in [6.07, 6.45) is 4.11. The molecule has 1 fully saturated rings. The molecule has 0 amide bonds. The van der Waals surface area contributed by atoms with Gasteiger partial charge >= 0.3 is 0 Å². The van der Waals surface area contributed by atoms with Crippen LogP contribution in [0.3, 0.4) is 0 Å². The molecular weight excluding hydrogens is 361 g/mol. The van der Waals surface area contributed by atoms with Crippen molar-refractivity contribution in [2.75, 3.05) is 13.1 Å². The van der Waals surface area contributed by atoms with Crippen molar-refractivity contribution in [1.82, 2.24) is 9.29 Å². The molecule has 0 N–H and O–H groups in total. The van der Waals surface area contributed by atoms with Crippen molar-refractivity contribution in [3.63, 3.8) is 0 Å². The third-order valence-corrected chi connectivity index (χ3v) is 6.86. The molecule has 130 valence electrons. The molecule has 0 aliphatic carbocycles. The van der Waals surface area contributed by atoms with Gasteiger partial charge in [-0.05, 0) is 37.1 Å². The van der Waals surface area contributed by atoms with Gasteiger partial charge in [0.2, 0.25) is 10.0 Å². The molecule has 0 atom stereocenters. The van der Waals surface area contributed by atoms with E-state index in [1.807, 2.05) is 6.07 Å². The molecule has 2 aromatic rings. The lowest BCUT2D eigenvalue weighted by molar-refractivity contribution is 0.346. The van der Waals surface area contributed by atoms with Gasteiger partial charge in [-0.3, -0.25) is 0 Å². The van der Waals surface area contributed by atoms with E-state index in [2.05, 4.69) is 4.98 Å². The molecule has 1 saturated heterocycles. The predicted octanol–water partition coefficient (Wildman–Crippen LogP) is 3.42. The van der Waals surface area contributed by atoms with Crippen LogP contribution in [-0.4, -0.2) is 30.8 Å². The van der Waals surface area contributed by atoms with E-state index >= 15 is 0 Å². The van der Waals surface area contributed by atoms with E-state index in [0.29, 0.717) is 23.0 Å². The summed E-state index contributed by atoms with van der Waals surface area (Å²) in [5.74, 6) is -0.586. The topological polar surface area (TPSA) is 74.1 Å². The van der Waals surface area contributed by atoms with E-state index in [1.165, 1.54) is 28.7 Å². The second-order valence-electron chi connectivity index (χ2n) is 5.62. The lowest BCUT2D eigenvalue weighted by atomic mass is 10.2. The van der Waals surface area contributed by atoms with Crippen LogP contribution in [0.1, 0.15) is 24.8 Å². The highest BCUT2D eigenvalue weighted by Crippen LogP contribution is 2.31. The number of benzene rings is 1. The van der Waals surface area contributed by atoms with E-state index in [0.717, 1.165) is 31.0 Å². The summed E-state index contributed by atoms with van der Waals surface area (Å²) in [4.78, 5) is 4.76. The predicted molar refractivity (Wildman–Crippen MR) is 92.1 cm³/mol. The molecule has 0 bridgehead atoms. The van der Waals surface area contributed by atoms with Crippen LogP contribution in [-0.2, 0) is 10.0 Å². The highest BCUT2D eigenvalue weighted by Gasteiger charge is 2.26. The zero-order valence-electron chi connectivity index (χ0n) is 13.4. The summed E-state index contributed by atoms with van der Waals surface area (Å²) in [5.41, 5.74) is -0.0423. The maximum atomic E-state index is 13.6. The first-order chi connectivity index (χ1) is 12.0. The first-order valence-electron chi connectivity index (χ1n) is 7.85. The molecule has 1 aromatic heterocycles. The first-order valence-corrected chi connectivity index (χ1v) is 10.1. The Morgan fingerprint density at radius 1 is 1.16 bits per heavy atom. The highest BCUT2D eigenvalue weighted by molar-refractivity contribution is 7.99. The normalized spacial score (nSPS) is 15.7. The van der Waals surface area contributed by atoms with Crippen LogP contribution >= 0.6 is 11.8 Å². The van der Waals surface area contributed by atoms with Crippen LogP contribution in [0.2, 0.25) is 0 Å². The van der Waals surface area contributed by atoms with E-state index < -0.39 is 15.8 Å². The minimum Gasteiger partial charge on any atom is -0.248 e. The number of sulfonamides is 1. The van der Waals surface area contributed by atoms with E-state index in [4.69, 9.17) is 5.26 Å². The molecule has 0 saturated carbocycles. The molecule has 1 aliphatic rings. The molecule has 2 heterocycles. The van der Waals surface area contributed by atoms with Crippen LogP contribution in [0.25, 0.3) is 0 Å². The van der Waals surface area contributed by atoms with Crippen molar-refractivity contribution >= 4 is 21.8 Å². The Bertz CT molecular complexity index is 902. The van der Waals surface area contributed by atoms with Crippen molar-refractivity contribution < 1.29 is 12.8 Å². The van der Waals surface area contributed by atoms with Gasteiger partial charge in [0.15, 0.2) is 0 Å². The Labute approximate surface area is 150 Å². The fraction of sp³-hybridized carbons (Fsp3) is 0.294. The third kappa shape index (κ3) is 3.84. The number of pyridine rings is 1. The van der Waals surface area contributed by atoms with Gasteiger partial charge in [0.05, 0.1) is 0 Å². The van der Waals surface area contributed by atoms with Crippen LogP contribution in [0.5, 0.6) is 0 Å². The van der Waals surface area contributed by atoms with E-state index in [9.17, 15) is 12.8 Å². The summed E-state index contributed by atoms with van der Waals surface area (Å²) in [6, 6.07) is 9.30. The van der Waals surface area contributed by atoms with Crippen LogP contribution in [0.15, 0.2) is 51.3 Å². The number of aromatic nitrogens is 1. The minimum atomic E-state index is -3.52. The summed E-state index contributed by atoms with van der Waals surface area (Å²) in [6.45, 7) is 1.07. The number of hydrogen-bond acceptors (Lipinski definition) is 5. The van der Waals surface area contributed by atoms with Gasteiger partial charge in [-0.25, -0.2) is 17.8 Å². The fourth-order valence-corrected chi connectivity index (χ4v) is 4.97. The Balaban J connectivity index is 1.81. The molecule has 0 spiro atoms. The lowest BCUT2D eigenvalue weighted by Crippen LogP contribution is -2.35. The Morgan fingerprint density at radius 3 is 2.56 bits per heavy atom. The van der Waals surface area contributed by atoms with E-state index in [1.54, 1.807) is 12.1 Å². The van der Waals surface area contributed by atoms with Gasteiger partial charge in [0.25, 0.3) is 0 Å². The zero-order valence-corrected chi connectivity index (χ0v) is 15.0. The molecule has 1 aromatic carbocycles. The number of rotatable bonds is 4. The van der Waals surface area contributed by atoms with Crippen molar-refractivity contribution in [2.24, 2.45) is 0 Å². The van der Waals surface area contributed by atoms with E-state index in [-0.39, 0.29) is 10.5 Å². The first kappa shape index (κ1) is 17.9. The number of hydrogen-bond donors (Lipinski definition) is 0. The average molecular weight is 377 g/mol. The maximum Gasteiger partial charge on any atom is 0.244 e. The second kappa shape index (κ2) is 7.52. The average Bonchev–Trinajstić information content (AvgIpc) is 2.63. The standard InChI is InChI=1S/C17H16FN3O2S2/c18-15-5-4-6-16(14(15)11-19)24-17-8-7-13(12-20-17)25(22,23)21-9-2-1-3-10-21/h4-8,12H,1-3,9-10H2. The van der Waals surface area contributed by atoms with Gasteiger partial charge < -0.3 is 0 Å². The van der Waals surface area contributed by atoms with Gasteiger partial charge in [0, 0.05) is 24.2 Å². The van der Waals surface area contributed by atoms with Crippen LogP contribution < -0.4 is 0 Å². The summed E-state index contributed by atoms with van der Waals surface area (Å²) < 4.78 is 40.3. The van der Waals surface area contributed by atoms with Crippen molar-refractivity contribution in [3.8, 4) is 6.07 Å². The van der Waals surface area contributed by atoms with Gasteiger partial charge in [-0.2, -0.15) is 9.57 Å². The monoisotopic (exact) mass is 377 g/mol. The third-order valence-electron chi connectivity index (χ3n) is 3.96. The number of halogens is 1. The molecule has 5 nitrogen and oxygen atoms in total. The van der Waals surface area contributed by atoms with Crippen LogP contribution in [0, 0.1) is 17.1 Å². The molecular formula is C17H16FN3O2S2. The molecule has 0 radical (unpaired) electrons. The van der Waals surface area contributed by atoms with Gasteiger partial charge in [-0.15, -0.1) is 0 Å². The van der Waals surface area contributed by atoms with Crippen LogP contribution in [0.4, 0.5) is 4.39 Å². The SMILES string of the molecule is N#Cc1c(F)cccc1Sc1ccc(S(=O)(=O)N2CCCCC2)cn1. The quantitative estimate of drug-likeness (QED) is 0.816. The fourth-order valence-electron chi connectivity index (χ4n) is 2.64. The Kier molecular flexibility index (Phi) is 5.37. The van der Waals surface area contributed by atoms with Crippen molar-refractivity contribution in [2.45, 2.75) is 34.1 Å². The summed E-state index contributed by atoms with van der Waals surface area (Å²) in [7, 11) is -3.52. The van der Waals surface area contributed by atoms with Crippen molar-refractivity contribution in [3.05, 3.63) is 47.9 Å². The number of nitriles is 1. The summed E-state index contributed by atoms with van der Waals surface area (Å²) in [5, 5.41) is 9.56. The Hall–Kier alpha value is -1.95. The number of nitrogens with zero attached hydrogens (tertiary/aromatic N) is 3. The molecule has 8 heteroatoms. The Morgan fingerprint density at radius 2 is 1.92 bits per heavy atom. The summed E-state index contributed by atoms with van der Waals surface area (Å²) >= 11 is 1.13. The van der Waals surface area contributed by atoms with Gasteiger partial charge in [-0.1, -0.05) is 24.2 Å². The largest absolute Gasteiger partial charge is 0.248 e. The highest BCUT2D eigenvalue weighted by atomic mass is 32.2. The maximum absolute atomic E-state index is 13.6. The van der Waals surface area contributed by atoms with Crippen molar-refractivity contribution in [1.29, 1.82) is 5.26 Å². The smallest absolute Gasteiger partial charge is 0.244 e. The lowest BCUT2D eigenvalue weighted by Gasteiger charge is -2.25. The molecule has 3 rings (SSSR count). The second-order valence-corrected chi connectivity index (χ2v) is 8.62. The minimum absolute atomic E-state index is 0.0423.